The topological polar surface area (TPSA) is 0 Å². The van der Waals surface area contributed by atoms with Crippen LogP contribution in [0.2, 0.25) is 0 Å². The second-order valence-corrected chi connectivity index (χ2v) is 13.2. The molecular weight excluding hydrogens is 601 g/mol. The minimum absolute atomic E-state index is 1.21. The summed E-state index contributed by atoms with van der Waals surface area (Å²) < 4.78 is 0. The highest BCUT2D eigenvalue weighted by Crippen LogP contribution is 2.47. The molecule has 10 rings (SSSR count). The number of rotatable bonds is 4. The molecule has 232 valence electrons. The van der Waals surface area contributed by atoms with E-state index in [1.54, 1.807) is 0 Å². The zero-order chi connectivity index (χ0) is 33.0. The van der Waals surface area contributed by atoms with Gasteiger partial charge in [-0.2, -0.15) is 0 Å². The number of hydrogen-bond acceptors (Lipinski definition) is 0. The lowest BCUT2D eigenvalue weighted by Crippen LogP contribution is -1.93. The molecule has 0 saturated heterocycles. The van der Waals surface area contributed by atoms with Gasteiger partial charge in [-0.25, -0.2) is 0 Å². The quantitative estimate of drug-likeness (QED) is 0.169. The van der Waals surface area contributed by atoms with Crippen LogP contribution in [0.4, 0.5) is 0 Å². The van der Waals surface area contributed by atoms with Gasteiger partial charge in [0.25, 0.3) is 0 Å². The molecule has 0 amide bonds. The van der Waals surface area contributed by atoms with Gasteiger partial charge in [0.2, 0.25) is 0 Å². The third kappa shape index (κ3) is 4.54. The van der Waals surface area contributed by atoms with Gasteiger partial charge in [0.15, 0.2) is 0 Å². The highest BCUT2D eigenvalue weighted by atomic mass is 14.2. The SMILES string of the molecule is c1cc(-c2ccc3c(-c4cccc5ccccc45)c4ccccc4c(-c4cccc5ccccc45)c3c2)cc(-c2cccc3ccccc23)c1. The van der Waals surface area contributed by atoms with E-state index in [1.165, 1.54) is 98.4 Å². The summed E-state index contributed by atoms with van der Waals surface area (Å²) in [5, 5.41) is 12.6. The van der Waals surface area contributed by atoms with E-state index in [0.29, 0.717) is 0 Å². The molecule has 0 bridgehead atoms. The van der Waals surface area contributed by atoms with Crippen molar-refractivity contribution in [3.05, 3.63) is 194 Å². The summed E-state index contributed by atoms with van der Waals surface area (Å²) in [4.78, 5) is 0. The van der Waals surface area contributed by atoms with Crippen LogP contribution >= 0.6 is 0 Å². The van der Waals surface area contributed by atoms with Crippen molar-refractivity contribution >= 4 is 53.9 Å². The first-order valence-electron chi connectivity index (χ1n) is 17.4. The Kier molecular flexibility index (Phi) is 6.60. The van der Waals surface area contributed by atoms with Crippen molar-refractivity contribution in [2.75, 3.05) is 0 Å². The average molecular weight is 633 g/mol. The molecule has 0 radical (unpaired) electrons. The predicted octanol–water partition coefficient (Wildman–Crippen LogP) is 14.1. The van der Waals surface area contributed by atoms with E-state index in [9.17, 15) is 0 Å². The van der Waals surface area contributed by atoms with Crippen LogP contribution in [0, 0.1) is 0 Å². The highest BCUT2D eigenvalue weighted by Gasteiger charge is 2.20. The smallest absolute Gasteiger partial charge is 0.00199 e. The molecule has 0 atom stereocenters. The molecule has 0 heteroatoms. The molecule has 0 aliphatic rings. The fourth-order valence-corrected chi connectivity index (χ4v) is 8.17. The van der Waals surface area contributed by atoms with E-state index in [-0.39, 0.29) is 0 Å². The van der Waals surface area contributed by atoms with Crippen LogP contribution in [-0.4, -0.2) is 0 Å². The molecule has 0 saturated carbocycles. The lowest BCUT2D eigenvalue weighted by Gasteiger charge is -2.20. The molecule has 0 heterocycles. The molecule has 50 heavy (non-hydrogen) atoms. The summed E-state index contributed by atoms with van der Waals surface area (Å²) in [5.74, 6) is 0. The van der Waals surface area contributed by atoms with Gasteiger partial charge in [0, 0.05) is 0 Å². The van der Waals surface area contributed by atoms with E-state index < -0.39 is 0 Å². The first kappa shape index (κ1) is 28.5. The molecule has 0 nitrogen and oxygen atoms in total. The maximum absolute atomic E-state index is 2.44. The van der Waals surface area contributed by atoms with Gasteiger partial charge in [-0.15, -0.1) is 0 Å². The Morgan fingerprint density at radius 1 is 0.200 bits per heavy atom. The van der Waals surface area contributed by atoms with Gasteiger partial charge in [-0.05, 0) is 111 Å². The molecule has 0 aromatic heterocycles. The van der Waals surface area contributed by atoms with E-state index in [2.05, 4.69) is 194 Å². The summed E-state index contributed by atoms with van der Waals surface area (Å²) in [6, 6.07) is 71.4. The Morgan fingerprint density at radius 2 is 0.580 bits per heavy atom. The molecule has 10 aromatic carbocycles. The third-order valence-electron chi connectivity index (χ3n) is 10.4. The zero-order valence-electron chi connectivity index (χ0n) is 27.5. The standard InChI is InChI=1S/C50H32/c1-4-21-39-33(13-1)16-10-26-42(39)38-20-9-19-36(31-38)37-29-30-47-48(32-37)50(44-28-12-18-35-15-3-6-23-41(35)44)46-25-8-7-24-45(46)49(47)43-27-11-17-34-14-2-5-22-40(34)43/h1-32H. The summed E-state index contributed by atoms with van der Waals surface area (Å²) >= 11 is 0. The van der Waals surface area contributed by atoms with Crippen LogP contribution in [0.25, 0.3) is 98.4 Å². The maximum Gasteiger partial charge on any atom is -0.00199 e. The summed E-state index contributed by atoms with van der Waals surface area (Å²) in [6.07, 6.45) is 0. The van der Waals surface area contributed by atoms with Crippen LogP contribution in [-0.2, 0) is 0 Å². The van der Waals surface area contributed by atoms with E-state index in [4.69, 9.17) is 0 Å². The minimum atomic E-state index is 1.21. The molecular formula is C50H32. The first-order valence-corrected chi connectivity index (χ1v) is 17.4. The van der Waals surface area contributed by atoms with Gasteiger partial charge in [0.1, 0.15) is 0 Å². The third-order valence-corrected chi connectivity index (χ3v) is 10.4. The molecule has 0 aliphatic carbocycles. The number of hydrogen-bond donors (Lipinski definition) is 0. The van der Waals surface area contributed by atoms with E-state index >= 15 is 0 Å². The fraction of sp³-hybridized carbons (Fsp3) is 0. The largest absolute Gasteiger partial charge is 0.0616 e. The predicted molar refractivity (Wildman–Crippen MR) is 216 cm³/mol. The van der Waals surface area contributed by atoms with Crippen LogP contribution in [0.5, 0.6) is 0 Å². The normalized spacial score (nSPS) is 11.6. The van der Waals surface area contributed by atoms with Gasteiger partial charge in [-0.3, -0.25) is 0 Å². The van der Waals surface area contributed by atoms with Gasteiger partial charge in [0.05, 0.1) is 0 Å². The molecule has 10 aromatic rings. The second-order valence-electron chi connectivity index (χ2n) is 13.2. The zero-order valence-corrected chi connectivity index (χ0v) is 27.5. The van der Waals surface area contributed by atoms with E-state index in [1.807, 2.05) is 0 Å². The van der Waals surface area contributed by atoms with Crippen molar-refractivity contribution in [1.29, 1.82) is 0 Å². The monoisotopic (exact) mass is 632 g/mol. The van der Waals surface area contributed by atoms with Crippen molar-refractivity contribution in [2.45, 2.75) is 0 Å². The Hall–Kier alpha value is -6.50. The van der Waals surface area contributed by atoms with Crippen LogP contribution in [0.3, 0.4) is 0 Å². The molecule has 0 unspecified atom stereocenters. The maximum atomic E-state index is 2.44. The Morgan fingerprint density at radius 3 is 1.16 bits per heavy atom. The van der Waals surface area contributed by atoms with Gasteiger partial charge >= 0.3 is 0 Å². The summed E-state index contributed by atoms with van der Waals surface area (Å²) in [6.45, 7) is 0. The molecule has 0 N–H and O–H groups in total. The first-order chi connectivity index (χ1) is 24.8. The Labute approximate surface area is 291 Å². The van der Waals surface area contributed by atoms with Crippen molar-refractivity contribution in [2.24, 2.45) is 0 Å². The van der Waals surface area contributed by atoms with Crippen molar-refractivity contribution in [1.82, 2.24) is 0 Å². The van der Waals surface area contributed by atoms with Crippen molar-refractivity contribution in [3.8, 4) is 44.5 Å². The fourth-order valence-electron chi connectivity index (χ4n) is 8.17. The van der Waals surface area contributed by atoms with Crippen LogP contribution in [0.1, 0.15) is 0 Å². The van der Waals surface area contributed by atoms with Gasteiger partial charge < -0.3 is 0 Å². The van der Waals surface area contributed by atoms with Crippen molar-refractivity contribution in [3.63, 3.8) is 0 Å². The highest BCUT2D eigenvalue weighted by molar-refractivity contribution is 6.25. The number of fused-ring (bicyclic) bond motifs is 5. The second kappa shape index (κ2) is 11.6. The molecule has 0 fully saturated rings. The Balaban J connectivity index is 1.30. The van der Waals surface area contributed by atoms with Crippen LogP contribution < -0.4 is 0 Å². The summed E-state index contributed by atoms with van der Waals surface area (Å²) in [7, 11) is 0. The van der Waals surface area contributed by atoms with Crippen molar-refractivity contribution < 1.29 is 0 Å². The lowest BCUT2D eigenvalue weighted by atomic mass is 9.83. The molecule has 0 aliphatic heterocycles. The Bertz CT molecular complexity index is 2910. The van der Waals surface area contributed by atoms with Gasteiger partial charge in [-0.1, -0.05) is 182 Å². The lowest BCUT2D eigenvalue weighted by molar-refractivity contribution is 1.62. The number of benzene rings is 10. The molecule has 0 spiro atoms. The van der Waals surface area contributed by atoms with E-state index in [0.717, 1.165) is 0 Å². The minimum Gasteiger partial charge on any atom is -0.0616 e. The average Bonchev–Trinajstić information content (AvgIpc) is 3.19. The van der Waals surface area contributed by atoms with Crippen LogP contribution in [0.15, 0.2) is 194 Å². The summed E-state index contributed by atoms with van der Waals surface area (Å²) in [5.41, 5.74) is 9.99.